The molecule has 3 heterocycles. The summed E-state index contributed by atoms with van der Waals surface area (Å²) >= 11 is 2.87. The first-order valence-corrected chi connectivity index (χ1v) is 8.79. The largest absolute Gasteiger partial charge is 0.417 e. The van der Waals surface area contributed by atoms with Crippen LogP contribution in [0.3, 0.4) is 0 Å². The summed E-state index contributed by atoms with van der Waals surface area (Å²) in [7, 11) is 0. The number of pyridine rings is 1. The number of hydrogen-bond donors (Lipinski definition) is 0. The third kappa shape index (κ3) is 3.87. The number of rotatable bonds is 3. The Morgan fingerprint density at radius 2 is 2.17 bits per heavy atom. The lowest BCUT2D eigenvalue weighted by Crippen LogP contribution is -2.36. The molecule has 0 atom stereocenters. The van der Waals surface area contributed by atoms with Gasteiger partial charge in [0.2, 0.25) is 5.91 Å². The minimum absolute atomic E-state index is 0.0199. The summed E-state index contributed by atoms with van der Waals surface area (Å²) in [6, 6.07) is 4.32. The van der Waals surface area contributed by atoms with Crippen LogP contribution in [-0.4, -0.2) is 28.1 Å². The van der Waals surface area contributed by atoms with E-state index in [1.807, 2.05) is 11.4 Å². The first-order valence-electron chi connectivity index (χ1n) is 6.92. The maximum absolute atomic E-state index is 12.5. The molecule has 0 aliphatic carbocycles. The van der Waals surface area contributed by atoms with Gasteiger partial charge in [0, 0.05) is 24.2 Å². The van der Waals surface area contributed by atoms with E-state index >= 15 is 0 Å². The first kappa shape index (κ1) is 16.3. The number of fused-ring (bicyclic) bond motifs is 1. The molecule has 3 nitrogen and oxygen atoms in total. The summed E-state index contributed by atoms with van der Waals surface area (Å²) in [5, 5.41) is 2.44. The second-order valence-electron chi connectivity index (χ2n) is 5.11. The molecule has 0 aromatic carbocycles. The molecule has 0 saturated heterocycles. The molecule has 1 amide bonds. The standard InChI is InChI=1S/C15H13F3N2OS2/c16-15(17,18)11-1-2-13(19-7-11)23-9-14(21)20-5-3-12-10(8-20)4-6-22-12/h1-2,4,6-7H,3,5,8-9H2. The van der Waals surface area contributed by atoms with Gasteiger partial charge < -0.3 is 4.90 Å². The lowest BCUT2D eigenvalue weighted by Gasteiger charge is -2.26. The summed E-state index contributed by atoms with van der Waals surface area (Å²) in [6.45, 7) is 1.30. The summed E-state index contributed by atoms with van der Waals surface area (Å²) in [4.78, 5) is 19.1. The summed E-state index contributed by atoms with van der Waals surface area (Å²) in [6.07, 6.45) is -2.73. The van der Waals surface area contributed by atoms with Gasteiger partial charge in [-0.05, 0) is 35.6 Å². The number of halogens is 3. The van der Waals surface area contributed by atoms with E-state index < -0.39 is 11.7 Å². The fourth-order valence-corrected chi connectivity index (χ4v) is 3.96. The molecule has 0 saturated carbocycles. The number of thiophene rings is 1. The smallest absolute Gasteiger partial charge is 0.337 e. The Bertz CT molecular complexity index is 697. The van der Waals surface area contributed by atoms with Crippen LogP contribution in [0.5, 0.6) is 0 Å². The van der Waals surface area contributed by atoms with Crippen molar-refractivity contribution in [2.75, 3.05) is 12.3 Å². The second-order valence-corrected chi connectivity index (χ2v) is 7.10. The maximum Gasteiger partial charge on any atom is 0.417 e. The molecule has 0 bridgehead atoms. The molecule has 2 aromatic rings. The molecule has 3 rings (SSSR count). The second kappa shape index (κ2) is 6.52. The topological polar surface area (TPSA) is 33.2 Å². The van der Waals surface area contributed by atoms with Crippen molar-refractivity contribution >= 4 is 29.0 Å². The monoisotopic (exact) mass is 358 g/mol. The summed E-state index contributed by atoms with van der Waals surface area (Å²) in [5.74, 6) is 0.159. The van der Waals surface area contributed by atoms with Crippen molar-refractivity contribution in [3.8, 4) is 0 Å². The van der Waals surface area contributed by atoms with Crippen molar-refractivity contribution in [1.82, 2.24) is 9.88 Å². The summed E-state index contributed by atoms with van der Waals surface area (Å²) < 4.78 is 37.4. The summed E-state index contributed by atoms with van der Waals surface area (Å²) in [5.41, 5.74) is 0.404. The number of carbonyl (C=O) groups excluding carboxylic acids is 1. The molecule has 1 aliphatic heterocycles. The van der Waals surface area contributed by atoms with Crippen molar-refractivity contribution in [3.63, 3.8) is 0 Å². The molecule has 0 N–H and O–H groups in total. The van der Waals surface area contributed by atoms with Gasteiger partial charge in [-0.1, -0.05) is 11.8 Å². The van der Waals surface area contributed by atoms with Gasteiger partial charge in [0.1, 0.15) is 0 Å². The minimum Gasteiger partial charge on any atom is -0.337 e. The predicted octanol–water partition coefficient (Wildman–Crippen LogP) is 3.84. The average molecular weight is 358 g/mol. The highest BCUT2D eigenvalue weighted by atomic mass is 32.2. The van der Waals surface area contributed by atoms with Crippen LogP contribution in [0.2, 0.25) is 0 Å². The highest BCUT2D eigenvalue weighted by Crippen LogP contribution is 2.30. The van der Waals surface area contributed by atoms with Crippen LogP contribution in [-0.2, 0) is 23.9 Å². The van der Waals surface area contributed by atoms with E-state index in [0.717, 1.165) is 30.4 Å². The molecule has 0 fully saturated rings. The van der Waals surface area contributed by atoms with E-state index in [1.54, 1.807) is 16.2 Å². The third-order valence-corrected chi connectivity index (χ3v) is 5.52. The number of aromatic nitrogens is 1. The van der Waals surface area contributed by atoms with Crippen LogP contribution in [0.25, 0.3) is 0 Å². The Labute approximate surface area is 139 Å². The van der Waals surface area contributed by atoms with Crippen molar-refractivity contribution < 1.29 is 18.0 Å². The lowest BCUT2D eigenvalue weighted by atomic mass is 10.1. The average Bonchev–Trinajstić information content (AvgIpc) is 2.99. The number of nitrogens with zero attached hydrogens (tertiary/aromatic N) is 2. The Morgan fingerprint density at radius 1 is 1.35 bits per heavy atom. The van der Waals surface area contributed by atoms with E-state index in [4.69, 9.17) is 0 Å². The van der Waals surface area contributed by atoms with Crippen LogP contribution in [0, 0.1) is 0 Å². The molecule has 1 aliphatic rings. The quantitative estimate of drug-likeness (QED) is 0.782. The Hall–Kier alpha value is -1.54. The van der Waals surface area contributed by atoms with Crippen LogP contribution in [0.4, 0.5) is 13.2 Å². The zero-order valence-electron chi connectivity index (χ0n) is 12.0. The maximum atomic E-state index is 12.5. The molecule has 23 heavy (non-hydrogen) atoms. The Morgan fingerprint density at radius 3 is 2.87 bits per heavy atom. The van der Waals surface area contributed by atoms with Crippen LogP contribution >= 0.6 is 23.1 Å². The van der Waals surface area contributed by atoms with E-state index in [9.17, 15) is 18.0 Å². The first-order chi connectivity index (χ1) is 10.9. The van der Waals surface area contributed by atoms with Gasteiger partial charge in [-0.2, -0.15) is 13.2 Å². The van der Waals surface area contributed by atoms with Crippen LogP contribution < -0.4 is 0 Å². The Balaban J connectivity index is 1.55. The van der Waals surface area contributed by atoms with Gasteiger partial charge in [0.05, 0.1) is 16.3 Å². The molecule has 2 aromatic heterocycles. The van der Waals surface area contributed by atoms with Crippen LogP contribution in [0.15, 0.2) is 34.8 Å². The number of thioether (sulfide) groups is 1. The molecule has 0 unspecified atom stereocenters. The minimum atomic E-state index is -4.39. The van der Waals surface area contributed by atoms with Gasteiger partial charge in [0.25, 0.3) is 0 Å². The van der Waals surface area contributed by atoms with Crippen LogP contribution in [0.1, 0.15) is 16.0 Å². The van der Waals surface area contributed by atoms with Gasteiger partial charge in [-0.15, -0.1) is 11.3 Å². The number of carbonyl (C=O) groups is 1. The number of hydrogen-bond acceptors (Lipinski definition) is 4. The molecular formula is C15H13F3N2OS2. The van der Waals surface area contributed by atoms with E-state index in [2.05, 4.69) is 4.98 Å². The lowest BCUT2D eigenvalue weighted by molar-refractivity contribution is -0.138. The molecule has 8 heteroatoms. The van der Waals surface area contributed by atoms with Gasteiger partial charge >= 0.3 is 6.18 Å². The highest BCUT2D eigenvalue weighted by molar-refractivity contribution is 7.99. The molecule has 0 spiro atoms. The van der Waals surface area contributed by atoms with Crippen molar-refractivity contribution in [2.24, 2.45) is 0 Å². The van der Waals surface area contributed by atoms with Gasteiger partial charge in [-0.25, -0.2) is 4.98 Å². The third-order valence-electron chi connectivity index (χ3n) is 3.57. The predicted molar refractivity (Wildman–Crippen MR) is 83.4 cm³/mol. The van der Waals surface area contributed by atoms with Crippen molar-refractivity contribution in [3.05, 3.63) is 45.8 Å². The fraction of sp³-hybridized carbons (Fsp3) is 0.333. The number of alkyl halides is 3. The van der Waals surface area contributed by atoms with E-state index in [-0.39, 0.29) is 11.7 Å². The fourth-order valence-electron chi connectivity index (χ4n) is 2.32. The zero-order chi connectivity index (χ0) is 16.4. The van der Waals surface area contributed by atoms with E-state index in [1.165, 1.54) is 16.5 Å². The normalized spacial score (nSPS) is 14.7. The molecule has 122 valence electrons. The number of amides is 1. The zero-order valence-corrected chi connectivity index (χ0v) is 13.6. The van der Waals surface area contributed by atoms with Crippen molar-refractivity contribution in [2.45, 2.75) is 24.2 Å². The van der Waals surface area contributed by atoms with Gasteiger partial charge in [-0.3, -0.25) is 4.79 Å². The van der Waals surface area contributed by atoms with E-state index in [0.29, 0.717) is 18.1 Å². The Kier molecular flexibility index (Phi) is 4.63. The van der Waals surface area contributed by atoms with Gasteiger partial charge in [0.15, 0.2) is 0 Å². The SMILES string of the molecule is O=C(CSc1ccc(C(F)(F)F)cn1)N1CCc2sccc2C1. The molecular weight excluding hydrogens is 345 g/mol. The molecule has 0 radical (unpaired) electrons. The van der Waals surface area contributed by atoms with Crippen molar-refractivity contribution in [1.29, 1.82) is 0 Å². The highest BCUT2D eigenvalue weighted by Gasteiger charge is 2.30.